The minimum Gasteiger partial charge on any atom is -0.465 e. The lowest BCUT2D eigenvalue weighted by molar-refractivity contribution is -0.392. The van der Waals surface area contributed by atoms with Gasteiger partial charge in [-0.3, -0.25) is 24.0 Å². The molecule has 0 bridgehead atoms. The molecule has 5 saturated carbocycles. The minimum absolute atomic E-state index is 0.00988. The molecule has 7 rings (SSSR count). The fraction of sp³-hybridized carbons (Fsp3) is 0.865. The first kappa shape index (κ1) is 53.6. The first-order valence-electron chi connectivity index (χ1n) is 25.2. The normalized spacial score (nSPS) is 46.6. The van der Waals surface area contributed by atoms with Crippen LogP contribution in [0.5, 0.6) is 0 Å². The summed E-state index contributed by atoms with van der Waals surface area (Å²) < 4.78 is 46.7. The zero-order valence-electron chi connectivity index (χ0n) is 42.7. The summed E-state index contributed by atoms with van der Waals surface area (Å²) in [4.78, 5) is 62.1. The van der Waals surface area contributed by atoms with Gasteiger partial charge in [0, 0.05) is 40.0 Å². The van der Waals surface area contributed by atoms with Gasteiger partial charge in [-0.15, -0.1) is 0 Å². The highest BCUT2D eigenvalue weighted by Gasteiger charge is 2.74. The number of esters is 5. The first-order valence-corrected chi connectivity index (χ1v) is 25.2. The molecule has 17 nitrogen and oxygen atoms in total. The number of aliphatic hydroxyl groups excluding tert-OH is 3. The summed E-state index contributed by atoms with van der Waals surface area (Å²) in [6, 6.07) is 0. The average Bonchev–Trinajstić information content (AvgIpc) is 3.64. The molecular formula is C52H80O17. The zero-order valence-corrected chi connectivity index (χ0v) is 42.7. The molecule has 69 heavy (non-hydrogen) atoms. The molecule has 7 fully saturated rings. The van der Waals surface area contributed by atoms with Gasteiger partial charge >= 0.3 is 29.8 Å². The van der Waals surface area contributed by atoms with Gasteiger partial charge in [-0.1, -0.05) is 46.8 Å². The van der Waals surface area contributed by atoms with E-state index in [1.54, 1.807) is 0 Å². The molecule has 0 aromatic heterocycles. The summed E-state index contributed by atoms with van der Waals surface area (Å²) in [6.07, 6.45) is -6.05. The van der Waals surface area contributed by atoms with Crippen molar-refractivity contribution in [2.75, 3.05) is 19.8 Å². The Labute approximate surface area is 407 Å². The number of hydrogen-bond donors (Lipinski definition) is 4. The second kappa shape index (κ2) is 19.3. The van der Waals surface area contributed by atoms with E-state index in [1.165, 1.54) is 12.5 Å². The Balaban J connectivity index is 1.24. The fourth-order valence-electron chi connectivity index (χ4n) is 16.8. The van der Waals surface area contributed by atoms with Crippen LogP contribution in [-0.2, 0) is 61.9 Å². The number of fused-ring (bicyclic) bond motifs is 7. The van der Waals surface area contributed by atoms with E-state index in [0.717, 1.165) is 79.1 Å². The molecule has 20 atom stereocenters. The predicted molar refractivity (Wildman–Crippen MR) is 245 cm³/mol. The smallest absolute Gasteiger partial charge is 0.303 e. The van der Waals surface area contributed by atoms with Crippen molar-refractivity contribution in [3.63, 3.8) is 0 Å². The molecule has 4 N–H and O–H groups in total. The molecule has 0 amide bonds. The number of carbonyl (C=O) groups is 5. The van der Waals surface area contributed by atoms with Crippen molar-refractivity contribution < 1.29 is 82.3 Å². The second-order valence-corrected chi connectivity index (χ2v) is 23.4. The molecule has 0 spiro atoms. The SMILES string of the molecule is C=C(C)[C@@H]1CC[C@]2(COC(C)=O)CC[C@]3(C)[C@H](CCC4[C@@]5(C)CCC([C@@]6(O)[C@H](O[C@@H]7O[C@H](COC(C)=O)[C@@H](OC(C)=O)[C@H](OC(C)=O)[C@H]7OC(C)=O)[C@@H](CO)O[C@@H](O)[C@@H]6O)C(C)(C)[C@@H]5CC[C@]43C)[C@@H]12. The maximum absolute atomic E-state index is 13.5. The number of carbonyl (C=O) groups excluding carboxylic acids is 5. The third kappa shape index (κ3) is 8.97. The Morgan fingerprint density at radius 1 is 0.638 bits per heavy atom. The van der Waals surface area contributed by atoms with Gasteiger partial charge in [-0.25, -0.2) is 0 Å². The Hall–Kier alpha value is -3.19. The lowest BCUT2D eigenvalue weighted by Crippen LogP contribution is -2.75. The number of aliphatic hydroxyl groups is 4. The van der Waals surface area contributed by atoms with Crippen molar-refractivity contribution >= 4 is 29.8 Å². The van der Waals surface area contributed by atoms with Crippen molar-refractivity contribution in [2.45, 2.75) is 201 Å². The van der Waals surface area contributed by atoms with Crippen molar-refractivity contribution in [3.8, 4) is 0 Å². The van der Waals surface area contributed by atoms with Gasteiger partial charge in [0.2, 0.25) is 0 Å². The molecule has 17 heteroatoms. The summed E-state index contributed by atoms with van der Waals surface area (Å²) >= 11 is 0. The molecule has 0 radical (unpaired) electrons. The molecule has 2 aliphatic heterocycles. The molecule has 2 saturated heterocycles. The summed E-state index contributed by atoms with van der Waals surface area (Å²) in [7, 11) is 0. The van der Waals surface area contributed by atoms with Crippen LogP contribution in [0.3, 0.4) is 0 Å². The summed E-state index contributed by atoms with van der Waals surface area (Å²) in [5, 5.41) is 47.9. The Morgan fingerprint density at radius 2 is 1.25 bits per heavy atom. The number of ether oxygens (including phenoxy) is 8. The van der Waals surface area contributed by atoms with E-state index in [-0.39, 0.29) is 33.5 Å². The zero-order chi connectivity index (χ0) is 51.0. The molecule has 2 unspecified atom stereocenters. The predicted octanol–water partition coefficient (Wildman–Crippen LogP) is 5.09. The third-order valence-electron chi connectivity index (χ3n) is 19.7. The Bertz CT molecular complexity index is 1990. The highest BCUT2D eigenvalue weighted by molar-refractivity contribution is 5.69. The molecule has 0 aromatic carbocycles. The van der Waals surface area contributed by atoms with Crippen LogP contribution in [0, 0.1) is 62.6 Å². The topological polar surface area (TPSA) is 240 Å². The number of hydrogen-bond acceptors (Lipinski definition) is 17. The van der Waals surface area contributed by atoms with Gasteiger partial charge in [-0.2, -0.15) is 0 Å². The first-order chi connectivity index (χ1) is 32.1. The maximum atomic E-state index is 13.5. The van der Waals surface area contributed by atoms with Gasteiger partial charge < -0.3 is 58.3 Å². The van der Waals surface area contributed by atoms with E-state index in [2.05, 4.69) is 48.1 Å². The van der Waals surface area contributed by atoms with Crippen LogP contribution in [0.15, 0.2) is 12.2 Å². The Morgan fingerprint density at radius 3 is 1.84 bits per heavy atom. The largest absolute Gasteiger partial charge is 0.465 e. The molecule has 7 aliphatic rings. The average molecular weight is 977 g/mol. The van der Waals surface area contributed by atoms with Gasteiger partial charge in [0.1, 0.15) is 36.6 Å². The minimum atomic E-state index is -2.35. The van der Waals surface area contributed by atoms with E-state index >= 15 is 0 Å². The third-order valence-corrected chi connectivity index (χ3v) is 19.7. The molecular weight excluding hydrogens is 897 g/mol. The van der Waals surface area contributed by atoms with Crippen LogP contribution in [0.25, 0.3) is 0 Å². The summed E-state index contributed by atoms with van der Waals surface area (Å²) in [6.45, 7) is 23.3. The van der Waals surface area contributed by atoms with E-state index < -0.39 is 109 Å². The summed E-state index contributed by atoms with van der Waals surface area (Å²) in [5.74, 6) is -2.82. The monoisotopic (exact) mass is 977 g/mol. The molecule has 390 valence electrons. The number of allylic oxidation sites excluding steroid dienone is 1. The van der Waals surface area contributed by atoms with Gasteiger partial charge in [0.15, 0.2) is 30.9 Å². The molecule has 5 aliphatic carbocycles. The fourth-order valence-corrected chi connectivity index (χ4v) is 16.8. The quantitative estimate of drug-likeness (QED) is 0.113. The highest BCUT2D eigenvalue weighted by Crippen LogP contribution is 2.78. The van der Waals surface area contributed by atoms with Crippen LogP contribution < -0.4 is 0 Å². The standard InChI is InChI=1S/C52H80O17/c1-26(2)32-15-20-51(25-63-28(4)55)22-21-49(11)33(39(32)51)13-14-38-48(10)18-16-37(47(8,9)36(48)17-19-50(38,49)12)52(61)43(59)45(60)67-34(23-53)44(52)69-46-42(66-31(7)58)41(65-30(6)57)40(64-29(5)56)35(68-46)24-62-27(3)54/h32-46,53,59-61H,1,13-25H2,2-12H3/t32-,33+,34+,35+,36-,37?,38?,39+,40+,41-,42+,43-,44+,45+,46-,48-,49+,50+,51+,52-/m0/s1. The van der Waals surface area contributed by atoms with E-state index in [1.807, 2.05) is 0 Å². The van der Waals surface area contributed by atoms with E-state index in [0.29, 0.717) is 43.1 Å². The molecule has 2 heterocycles. The van der Waals surface area contributed by atoms with Crippen molar-refractivity contribution in [1.82, 2.24) is 0 Å². The van der Waals surface area contributed by atoms with Crippen LogP contribution in [0.1, 0.15) is 140 Å². The van der Waals surface area contributed by atoms with Gasteiger partial charge in [-0.05, 0) is 128 Å². The van der Waals surface area contributed by atoms with Crippen molar-refractivity contribution in [1.29, 1.82) is 0 Å². The summed E-state index contributed by atoms with van der Waals surface area (Å²) in [5.41, 5.74) is -2.24. The van der Waals surface area contributed by atoms with Crippen LogP contribution >= 0.6 is 0 Å². The molecule has 0 aromatic rings. The second-order valence-electron chi connectivity index (χ2n) is 23.4. The van der Waals surface area contributed by atoms with E-state index in [9.17, 15) is 44.4 Å². The van der Waals surface area contributed by atoms with Crippen LogP contribution in [0.2, 0.25) is 0 Å². The Kier molecular flexibility index (Phi) is 15.0. The lowest BCUT2D eigenvalue weighted by atomic mass is 9.31. The number of rotatable bonds is 12. The highest BCUT2D eigenvalue weighted by atomic mass is 16.8. The van der Waals surface area contributed by atoms with Crippen molar-refractivity contribution in [2.24, 2.45) is 62.6 Å². The van der Waals surface area contributed by atoms with Crippen LogP contribution in [0.4, 0.5) is 0 Å². The lowest BCUT2D eigenvalue weighted by Gasteiger charge is -2.74. The van der Waals surface area contributed by atoms with Gasteiger partial charge in [0.05, 0.1) is 13.2 Å². The van der Waals surface area contributed by atoms with Crippen molar-refractivity contribution in [3.05, 3.63) is 12.2 Å². The van der Waals surface area contributed by atoms with Crippen LogP contribution in [-0.4, -0.2) is 131 Å². The maximum Gasteiger partial charge on any atom is 0.303 e. The van der Waals surface area contributed by atoms with Gasteiger partial charge in [0.25, 0.3) is 0 Å². The van der Waals surface area contributed by atoms with E-state index in [4.69, 9.17) is 37.9 Å².